The van der Waals surface area contributed by atoms with Crippen LogP contribution >= 0.6 is 11.6 Å². The molecule has 0 bridgehead atoms. The molecule has 1 aliphatic heterocycles. The minimum atomic E-state index is -3.69. The van der Waals surface area contributed by atoms with E-state index >= 15 is 0 Å². The molecule has 7 heteroatoms. The van der Waals surface area contributed by atoms with Gasteiger partial charge < -0.3 is 0 Å². The smallest absolute Gasteiger partial charge is 0.264 e. The summed E-state index contributed by atoms with van der Waals surface area (Å²) in [4.78, 5) is 12.2. The molecule has 0 spiro atoms. The van der Waals surface area contributed by atoms with E-state index < -0.39 is 26.2 Å². The molecule has 0 aromatic rings. The molecular formula is C18H22ClNO4S. The Balaban J connectivity index is 1.72. The Morgan fingerprint density at radius 1 is 1.12 bits per heavy atom. The molecule has 3 unspecified atom stereocenters. The summed E-state index contributed by atoms with van der Waals surface area (Å²) in [5.41, 5.74) is 1.07. The van der Waals surface area contributed by atoms with Gasteiger partial charge in [-0.2, -0.15) is 0 Å². The van der Waals surface area contributed by atoms with Crippen LogP contribution in [-0.2, 0) is 14.6 Å². The maximum Gasteiger partial charge on any atom is 0.264 e. The van der Waals surface area contributed by atoms with Crippen LogP contribution < -0.4 is 0 Å². The third-order valence-corrected chi connectivity index (χ3v) is 7.71. The normalized spacial score (nSPS) is 30.7. The van der Waals surface area contributed by atoms with Crippen LogP contribution in [0.15, 0.2) is 47.1 Å². The summed E-state index contributed by atoms with van der Waals surface area (Å²) in [5.74, 6) is -0.495. The van der Waals surface area contributed by atoms with Crippen molar-refractivity contribution >= 4 is 27.3 Å². The van der Waals surface area contributed by atoms with E-state index in [1.165, 1.54) is 0 Å². The van der Waals surface area contributed by atoms with Crippen LogP contribution in [0.2, 0.25) is 0 Å². The summed E-state index contributed by atoms with van der Waals surface area (Å²) in [6, 6.07) is 0. The predicted octanol–water partition coefficient (Wildman–Crippen LogP) is 3.13. The summed E-state index contributed by atoms with van der Waals surface area (Å²) in [6.07, 6.45) is 13.9. The van der Waals surface area contributed by atoms with Gasteiger partial charge in [0.25, 0.3) is 5.91 Å². The minimum Gasteiger partial charge on any atom is -0.286 e. The summed E-state index contributed by atoms with van der Waals surface area (Å²) in [6.45, 7) is 0.194. The summed E-state index contributed by atoms with van der Waals surface area (Å²) >= 11 is 5.93. The number of hydrogen-bond acceptors (Lipinski definition) is 4. The summed E-state index contributed by atoms with van der Waals surface area (Å²) in [5, 5.41) is 9.10. The maximum atomic E-state index is 12.9. The molecule has 1 heterocycles. The molecule has 1 saturated heterocycles. The van der Waals surface area contributed by atoms with Crippen LogP contribution in [0.1, 0.15) is 32.1 Å². The molecule has 1 amide bonds. The Hall–Kier alpha value is -1.37. The van der Waals surface area contributed by atoms with Gasteiger partial charge in [0, 0.05) is 17.5 Å². The molecule has 0 radical (unpaired) electrons. The van der Waals surface area contributed by atoms with E-state index in [0.717, 1.165) is 17.0 Å². The minimum absolute atomic E-state index is 0.194. The van der Waals surface area contributed by atoms with Crippen LogP contribution in [0.5, 0.6) is 0 Å². The lowest BCUT2D eigenvalue weighted by Gasteiger charge is -2.25. The van der Waals surface area contributed by atoms with E-state index in [1.807, 2.05) is 30.4 Å². The molecule has 0 saturated carbocycles. The molecule has 3 aliphatic rings. The van der Waals surface area contributed by atoms with Crippen molar-refractivity contribution in [1.29, 1.82) is 0 Å². The first-order chi connectivity index (χ1) is 11.9. The van der Waals surface area contributed by atoms with Crippen molar-refractivity contribution in [2.24, 2.45) is 5.92 Å². The first-order valence-electron chi connectivity index (χ1n) is 8.54. The van der Waals surface area contributed by atoms with Gasteiger partial charge in [-0.3, -0.25) is 10.0 Å². The number of sulfone groups is 1. The SMILES string of the molecule is O=C1C(S(=O)(=O)C2C=CC(C3C=CC(Cl)=CC3)=CC2)CCCCN1O. The number of allylic oxidation sites excluding steroid dienone is 7. The number of halogens is 1. The molecule has 2 aliphatic carbocycles. The average molecular weight is 384 g/mol. The van der Waals surface area contributed by atoms with E-state index in [-0.39, 0.29) is 18.9 Å². The van der Waals surface area contributed by atoms with Gasteiger partial charge in [-0.1, -0.05) is 42.0 Å². The van der Waals surface area contributed by atoms with Gasteiger partial charge in [0.05, 0.1) is 5.25 Å². The molecule has 5 nitrogen and oxygen atoms in total. The zero-order valence-corrected chi connectivity index (χ0v) is 15.4. The standard InChI is InChI=1S/C18H22ClNO4S/c19-15-8-4-13(5-9-15)14-6-10-16(11-7-14)25(23,24)17-3-1-2-12-20(22)18(17)21/h4,6-10,13,16-17,22H,1-3,5,11-12H2. The second kappa shape index (κ2) is 7.48. The molecule has 0 aromatic carbocycles. The van der Waals surface area contributed by atoms with Gasteiger partial charge in [-0.15, -0.1) is 0 Å². The quantitative estimate of drug-likeness (QED) is 0.760. The van der Waals surface area contributed by atoms with Crippen molar-refractivity contribution in [3.63, 3.8) is 0 Å². The Morgan fingerprint density at radius 3 is 2.56 bits per heavy atom. The Kier molecular flexibility index (Phi) is 5.51. The molecule has 136 valence electrons. The highest BCUT2D eigenvalue weighted by Crippen LogP contribution is 2.31. The van der Waals surface area contributed by atoms with Gasteiger partial charge in [0.1, 0.15) is 5.25 Å². The third-order valence-electron chi connectivity index (χ3n) is 5.01. The second-order valence-electron chi connectivity index (χ2n) is 6.66. The molecular weight excluding hydrogens is 362 g/mol. The lowest BCUT2D eigenvalue weighted by atomic mass is 9.89. The van der Waals surface area contributed by atoms with Crippen molar-refractivity contribution in [1.82, 2.24) is 5.06 Å². The van der Waals surface area contributed by atoms with E-state index in [1.54, 1.807) is 6.08 Å². The Bertz CT molecular complexity index is 766. The second-order valence-corrected chi connectivity index (χ2v) is 9.45. The lowest BCUT2D eigenvalue weighted by Crippen LogP contribution is -2.43. The fourth-order valence-corrected chi connectivity index (χ4v) is 5.63. The van der Waals surface area contributed by atoms with Crippen molar-refractivity contribution in [2.45, 2.75) is 42.6 Å². The largest absolute Gasteiger partial charge is 0.286 e. The van der Waals surface area contributed by atoms with E-state index in [4.69, 9.17) is 11.6 Å². The molecule has 3 rings (SSSR count). The lowest BCUT2D eigenvalue weighted by molar-refractivity contribution is -0.163. The van der Waals surface area contributed by atoms with Crippen LogP contribution in [0.4, 0.5) is 0 Å². The number of hydroxylamine groups is 2. The van der Waals surface area contributed by atoms with Crippen molar-refractivity contribution in [3.05, 3.63) is 47.1 Å². The van der Waals surface area contributed by atoms with Gasteiger partial charge in [-0.05, 0) is 43.8 Å². The fraction of sp³-hybridized carbons (Fsp3) is 0.500. The topological polar surface area (TPSA) is 74.7 Å². The van der Waals surface area contributed by atoms with Crippen molar-refractivity contribution in [2.75, 3.05) is 6.54 Å². The first-order valence-corrected chi connectivity index (χ1v) is 10.5. The predicted molar refractivity (Wildman–Crippen MR) is 96.9 cm³/mol. The van der Waals surface area contributed by atoms with Crippen molar-refractivity contribution in [3.8, 4) is 0 Å². The molecule has 25 heavy (non-hydrogen) atoms. The number of hydrogen-bond donors (Lipinski definition) is 1. The van der Waals surface area contributed by atoms with Gasteiger partial charge in [0.2, 0.25) is 0 Å². The highest BCUT2D eigenvalue weighted by Gasteiger charge is 2.40. The average Bonchev–Trinajstić information content (AvgIpc) is 2.78. The highest BCUT2D eigenvalue weighted by molar-refractivity contribution is 7.93. The first kappa shape index (κ1) is 18.4. The number of amides is 1. The third kappa shape index (κ3) is 3.91. The maximum absolute atomic E-state index is 12.9. The van der Waals surface area contributed by atoms with Gasteiger partial charge >= 0.3 is 0 Å². The van der Waals surface area contributed by atoms with Gasteiger partial charge in [-0.25, -0.2) is 13.5 Å². The van der Waals surface area contributed by atoms with E-state index in [2.05, 4.69) is 0 Å². The molecule has 0 aromatic heterocycles. The monoisotopic (exact) mass is 383 g/mol. The van der Waals surface area contributed by atoms with E-state index in [0.29, 0.717) is 24.3 Å². The Labute approximate surface area is 153 Å². The molecule has 1 N–H and O–H groups in total. The van der Waals surface area contributed by atoms with Gasteiger partial charge in [0.15, 0.2) is 9.84 Å². The number of carbonyl (C=O) groups is 1. The van der Waals surface area contributed by atoms with Crippen LogP contribution in [0.25, 0.3) is 0 Å². The summed E-state index contributed by atoms with van der Waals surface area (Å²) < 4.78 is 25.8. The number of carbonyl (C=O) groups excluding carboxylic acids is 1. The van der Waals surface area contributed by atoms with Crippen molar-refractivity contribution < 1.29 is 18.4 Å². The number of rotatable bonds is 3. The fourth-order valence-electron chi connectivity index (χ4n) is 3.48. The number of nitrogens with zero attached hydrogens (tertiary/aromatic N) is 1. The summed E-state index contributed by atoms with van der Waals surface area (Å²) in [7, 11) is -3.69. The van der Waals surface area contributed by atoms with Crippen LogP contribution in [-0.4, -0.2) is 41.6 Å². The Morgan fingerprint density at radius 2 is 1.92 bits per heavy atom. The van der Waals surface area contributed by atoms with Crippen LogP contribution in [0.3, 0.4) is 0 Å². The zero-order valence-electron chi connectivity index (χ0n) is 13.8. The zero-order chi connectivity index (χ0) is 18.0. The van der Waals surface area contributed by atoms with Crippen LogP contribution in [0, 0.1) is 5.92 Å². The van der Waals surface area contributed by atoms with E-state index in [9.17, 15) is 18.4 Å². The highest BCUT2D eigenvalue weighted by atomic mass is 35.5. The molecule has 3 atom stereocenters. The molecule has 1 fully saturated rings.